The maximum absolute atomic E-state index is 8.86. The Morgan fingerprint density at radius 1 is 1.27 bits per heavy atom. The van der Waals surface area contributed by atoms with Gasteiger partial charge in [0.2, 0.25) is 0 Å². The summed E-state index contributed by atoms with van der Waals surface area (Å²) in [5.74, 6) is 0. The van der Waals surface area contributed by atoms with Crippen molar-refractivity contribution in [1.82, 2.24) is 14.8 Å². The van der Waals surface area contributed by atoms with Crippen LogP contribution in [0, 0.1) is 16.7 Å². The lowest BCUT2D eigenvalue weighted by Crippen LogP contribution is -2.20. The fourth-order valence-electron chi connectivity index (χ4n) is 3.11. The molecular formula is C16H16Cl2N4. The van der Waals surface area contributed by atoms with E-state index in [9.17, 15) is 0 Å². The number of rotatable bonds is 3. The highest BCUT2D eigenvalue weighted by Crippen LogP contribution is 2.40. The number of nitrogens with zero attached hydrogens (tertiary/aromatic N) is 4. The molecule has 4 nitrogen and oxygen atoms in total. The molecule has 2 aromatic heterocycles. The zero-order valence-corrected chi connectivity index (χ0v) is 13.8. The largest absolute Gasteiger partial charge is 0.253 e. The van der Waals surface area contributed by atoms with Gasteiger partial charge < -0.3 is 0 Å². The van der Waals surface area contributed by atoms with Gasteiger partial charge in [0.15, 0.2) is 0 Å². The standard InChI is InChI=1S/C16H16Cl2N4/c1-16(6-2-3-7-16)10-22-15(18)13(9-20-22)12-5-4-11(8-19)21-14(12)17/h4-5,9H,2-3,6-7,10H2,1H3. The maximum Gasteiger partial charge on any atom is 0.142 e. The molecule has 0 aromatic carbocycles. The second kappa shape index (κ2) is 5.91. The number of hydrogen-bond donors (Lipinski definition) is 0. The summed E-state index contributed by atoms with van der Waals surface area (Å²) in [4.78, 5) is 4.04. The molecule has 1 fully saturated rings. The third kappa shape index (κ3) is 2.84. The molecule has 0 N–H and O–H groups in total. The SMILES string of the molecule is CC1(Cn2ncc(-c3ccc(C#N)nc3Cl)c2Cl)CCCC1. The fourth-order valence-corrected chi connectivity index (χ4v) is 3.62. The Balaban J connectivity index is 1.92. The van der Waals surface area contributed by atoms with E-state index in [0.29, 0.717) is 10.7 Å². The van der Waals surface area contributed by atoms with Crippen LogP contribution >= 0.6 is 23.2 Å². The molecular weight excluding hydrogens is 319 g/mol. The molecule has 2 heterocycles. The van der Waals surface area contributed by atoms with Gasteiger partial charge in [-0.2, -0.15) is 10.4 Å². The van der Waals surface area contributed by atoms with E-state index < -0.39 is 0 Å². The smallest absolute Gasteiger partial charge is 0.142 e. The van der Waals surface area contributed by atoms with E-state index in [0.717, 1.165) is 12.1 Å². The monoisotopic (exact) mass is 334 g/mol. The average Bonchev–Trinajstić information content (AvgIpc) is 3.07. The highest BCUT2D eigenvalue weighted by atomic mass is 35.5. The zero-order chi connectivity index (χ0) is 15.7. The number of hydrogen-bond acceptors (Lipinski definition) is 3. The van der Waals surface area contributed by atoms with Crippen molar-refractivity contribution in [3.63, 3.8) is 0 Å². The molecule has 1 aliphatic carbocycles. The lowest BCUT2D eigenvalue weighted by atomic mass is 9.89. The van der Waals surface area contributed by atoms with Gasteiger partial charge in [0.05, 0.1) is 6.20 Å². The zero-order valence-electron chi connectivity index (χ0n) is 12.3. The molecule has 6 heteroatoms. The van der Waals surface area contributed by atoms with Gasteiger partial charge in [-0.3, -0.25) is 4.68 Å². The molecule has 114 valence electrons. The van der Waals surface area contributed by atoms with E-state index in [-0.39, 0.29) is 16.3 Å². The van der Waals surface area contributed by atoms with Crippen molar-refractivity contribution in [2.75, 3.05) is 0 Å². The Morgan fingerprint density at radius 2 is 2.00 bits per heavy atom. The van der Waals surface area contributed by atoms with E-state index in [1.54, 1.807) is 18.3 Å². The molecule has 0 saturated heterocycles. The van der Waals surface area contributed by atoms with Gasteiger partial charge in [-0.05, 0) is 30.4 Å². The van der Waals surface area contributed by atoms with Gasteiger partial charge >= 0.3 is 0 Å². The summed E-state index contributed by atoms with van der Waals surface area (Å²) in [6, 6.07) is 5.36. The third-order valence-electron chi connectivity index (χ3n) is 4.37. The van der Waals surface area contributed by atoms with Gasteiger partial charge in [0.25, 0.3) is 0 Å². The lowest BCUT2D eigenvalue weighted by molar-refractivity contribution is 0.268. The first kappa shape index (κ1) is 15.3. The molecule has 0 bridgehead atoms. The number of aromatic nitrogens is 3. The van der Waals surface area contributed by atoms with Crippen LogP contribution in [0.3, 0.4) is 0 Å². The van der Waals surface area contributed by atoms with Crippen LogP contribution in [-0.4, -0.2) is 14.8 Å². The van der Waals surface area contributed by atoms with Crippen LogP contribution in [0.15, 0.2) is 18.3 Å². The average molecular weight is 335 g/mol. The van der Waals surface area contributed by atoms with Crippen LogP contribution in [0.5, 0.6) is 0 Å². The Hall–Kier alpha value is -1.57. The van der Waals surface area contributed by atoms with E-state index in [1.165, 1.54) is 25.7 Å². The number of nitriles is 1. The molecule has 3 rings (SSSR count). The molecule has 0 atom stereocenters. The number of pyridine rings is 1. The van der Waals surface area contributed by atoms with Crippen molar-refractivity contribution in [2.45, 2.75) is 39.2 Å². The van der Waals surface area contributed by atoms with Gasteiger partial charge in [-0.25, -0.2) is 4.98 Å². The van der Waals surface area contributed by atoms with Gasteiger partial charge in [0, 0.05) is 17.7 Å². The lowest BCUT2D eigenvalue weighted by Gasteiger charge is -2.23. The first-order valence-corrected chi connectivity index (χ1v) is 8.06. The van der Waals surface area contributed by atoms with Crippen LogP contribution in [0.1, 0.15) is 38.3 Å². The maximum atomic E-state index is 8.86. The molecule has 0 spiro atoms. The Labute approximate surface area is 139 Å². The molecule has 0 amide bonds. The summed E-state index contributed by atoms with van der Waals surface area (Å²) < 4.78 is 1.84. The summed E-state index contributed by atoms with van der Waals surface area (Å²) >= 11 is 12.7. The molecule has 22 heavy (non-hydrogen) atoms. The molecule has 2 aromatic rings. The normalized spacial score (nSPS) is 16.6. The van der Waals surface area contributed by atoms with E-state index in [1.807, 2.05) is 10.8 Å². The van der Waals surface area contributed by atoms with Crippen LogP contribution in [0.4, 0.5) is 0 Å². The first-order valence-electron chi connectivity index (χ1n) is 7.31. The molecule has 1 saturated carbocycles. The Bertz CT molecular complexity index is 739. The van der Waals surface area contributed by atoms with Crippen molar-refractivity contribution in [3.8, 4) is 17.2 Å². The molecule has 1 aliphatic rings. The third-order valence-corrected chi connectivity index (χ3v) is 5.06. The summed E-state index contributed by atoms with van der Waals surface area (Å²) in [6.45, 7) is 3.10. The van der Waals surface area contributed by atoms with Crippen LogP contribution in [0.2, 0.25) is 10.3 Å². The van der Waals surface area contributed by atoms with Crippen LogP contribution in [0.25, 0.3) is 11.1 Å². The highest BCUT2D eigenvalue weighted by molar-refractivity contribution is 6.35. The van der Waals surface area contributed by atoms with Crippen molar-refractivity contribution in [1.29, 1.82) is 5.26 Å². The van der Waals surface area contributed by atoms with Crippen molar-refractivity contribution in [3.05, 3.63) is 34.3 Å². The first-order chi connectivity index (χ1) is 10.5. The number of halogens is 2. The van der Waals surface area contributed by atoms with Crippen molar-refractivity contribution < 1.29 is 0 Å². The minimum absolute atomic E-state index is 0.264. The Kier molecular flexibility index (Phi) is 4.12. The predicted octanol–water partition coefficient (Wildman–Crippen LogP) is 4.70. The molecule has 0 radical (unpaired) electrons. The van der Waals surface area contributed by atoms with E-state index >= 15 is 0 Å². The second-order valence-electron chi connectivity index (χ2n) is 6.17. The molecule has 0 unspecified atom stereocenters. The van der Waals surface area contributed by atoms with Gasteiger partial charge in [-0.1, -0.05) is 43.0 Å². The van der Waals surface area contributed by atoms with E-state index in [4.69, 9.17) is 28.5 Å². The summed E-state index contributed by atoms with van der Waals surface area (Å²) in [7, 11) is 0. The minimum Gasteiger partial charge on any atom is -0.253 e. The Morgan fingerprint density at radius 3 is 2.64 bits per heavy atom. The summed E-state index contributed by atoms with van der Waals surface area (Å²) in [5, 5.41) is 14.1. The van der Waals surface area contributed by atoms with Gasteiger partial charge in [0.1, 0.15) is 22.1 Å². The minimum atomic E-state index is 0.264. The van der Waals surface area contributed by atoms with Crippen molar-refractivity contribution in [2.24, 2.45) is 5.41 Å². The van der Waals surface area contributed by atoms with E-state index in [2.05, 4.69) is 17.0 Å². The fraction of sp³-hybridized carbons (Fsp3) is 0.438. The highest BCUT2D eigenvalue weighted by Gasteiger charge is 2.30. The quantitative estimate of drug-likeness (QED) is 0.764. The van der Waals surface area contributed by atoms with Crippen LogP contribution < -0.4 is 0 Å². The van der Waals surface area contributed by atoms with Crippen molar-refractivity contribution >= 4 is 23.2 Å². The molecule has 0 aliphatic heterocycles. The topological polar surface area (TPSA) is 54.5 Å². The summed E-state index contributed by atoms with van der Waals surface area (Å²) in [5.41, 5.74) is 2.01. The second-order valence-corrected chi connectivity index (χ2v) is 6.89. The summed E-state index contributed by atoms with van der Waals surface area (Å²) in [6.07, 6.45) is 6.67. The van der Waals surface area contributed by atoms with Crippen LogP contribution in [-0.2, 0) is 6.54 Å². The van der Waals surface area contributed by atoms with Gasteiger partial charge in [-0.15, -0.1) is 0 Å². The predicted molar refractivity (Wildman–Crippen MR) is 86.8 cm³/mol.